The summed E-state index contributed by atoms with van der Waals surface area (Å²) in [6.07, 6.45) is 1.89. The normalized spacial score (nSPS) is 20.8. The number of anilines is 1. The summed E-state index contributed by atoms with van der Waals surface area (Å²) in [5.74, 6) is -0.454. The second-order valence-electron chi connectivity index (χ2n) is 5.14. The molecule has 0 bridgehead atoms. The lowest BCUT2D eigenvalue weighted by Gasteiger charge is -2.19. The van der Waals surface area contributed by atoms with Crippen LogP contribution in [-0.2, 0) is 9.59 Å². The van der Waals surface area contributed by atoms with E-state index in [9.17, 15) is 14.4 Å². The molecule has 4 amide bonds. The van der Waals surface area contributed by atoms with E-state index in [1.165, 1.54) is 13.3 Å². The highest BCUT2D eigenvalue weighted by Crippen LogP contribution is 2.20. The number of ether oxygens (including phenoxy) is 1. The molecule has 8 heteroatoms. The summed E-state index contributed by atoms with van der Waals surface area (Å²) in [4.78, 5) is 40.8. The number of amides is 4. The molecule has 0 unspecified atom stereocenters. The van der Waals surface area contributed by atoms with E-state index in [0.29, 0.717) is 18.0 Å². The second kappa shape index (κ2) is 6.00. The molecule has 0 spiro atoms. The van der Waals surface area contributed by atoms with Crippen LogP contribution in [0, 0.1) is 0 Å². The summed E-state index contributed by atoms with van der Waals surface area (Å²) in [6, 6.07) is 2.65. The number of nitrogens with one attached hydrogen (secondary N) is 2. The molecule has 1 aliphatic rings. The third-order valence-electron chi connectivity index (χ3n) is 3.58. The molecule has 0 radical (unpaired) electrons. The van der Waals surface area contributed by atoms with Gasteiger partial charge in [-0.2, -0.15) is 0 Å². The van der Waals surface area contributed by atoms with Crippen LogP contribution in [0.3, 0.4) is 0 Å². The molecule has 22 heavy (non-hydrogen) atoms. The van der Waals surface area contributed by atoms with Crippen molar-refractivity contribution < 1.29 is 19.1 Å². The van der Waals surface area contributed by atoms with Gasteiger partial charge in [-0.3, -0.25) is 14.5 Å². The number of nitrogens with zero attached hydrogens (tertiary/aromatic N) is 2. The molecular weight excluding hydrogens is 288 g/mol. The summed E-state index contributed by atoms with van der Waals surface area (Å²) in [5.41, 5.74) is -0.491. The summed E-state index contributed by atoms with van der Waals surface area (Å²) < 4.78 is 4.92. The van der Waals surface area contributed by atoms with Crippen LogP contribution >= 0.6 is 0 Å². The molecule has 2 heterocycles. The minimum absolute atomic E-state index is 0.341. The van der Waals surface area contributed by atoms with Gasteiger partial charge in [0.1, 0.15) is 12.1 Å². The maximum atomic E-state index is 12.2. The fourth-order valence-electron chi connectivity index (χ4n) is 2.05. The standard InChI is InChI=1S/C14H18N4O4/c1-4-14(2)12(20)18(13(21)17-14)8-10(19)16-9-5-6-11(22-3)15-7-9/h5-7H,4,8H2,1-3H3,(H,16,19)(H,17,21)/t14-/m1/s1. The maximum absolute atomic E-state index is 12.2. The van der Waals surface area contributed by atoms with Crippen molar-refractivity contribution in [3.63, 3.8) is 0 Å². The van der Waals surface area contributed by atoms with Crippen molar-refractivity contribution >= 4 is 23.5 Å². The van der Waals surface area contributed by atoms with E-state index in [1.54, 1.807) is 26.0 Å². The monoisotopic (exact) mass is 306 g/mol. The smallest absolute Gasteiger partial charge is 0.325 e. The number of carbonyl (C=O) groups is 3. The van der Waals surface area contributed by atoms with Gasteiger partial charge in [-0.25, -0.2) is 9.78 Å². The van der Waals surface area contributed by atoms with E-state index >= 15 is 0 Å². The average Bonchev–Trinajstić information content (AvgIpc) is 2.72. The number of pyridine rings is 1. The van der Waals surface area contributed by atoms with Crippen molar-refractivity contribution in [3.05, 3.63) is 18.3 Å². The van der Waals surface area contributed by atoms with Gasteiger partial charge in [0, 0.05) is 6.07 Å². The van der Waals surface area contributed by atoms with Gasteiger partial charge in [0.15, 0.2) is 0 Å². The molecule has 1 saturated heterocycles. The Morgan fingerprint density at radius 3 is 2.68 bits per heavy atom. The van der Waals surface area contributed by atoms with Gasteiger partial charge < -0.3 is 15.4 Å². The minimum Gasteiger partial charge on any atom is -0.481 e. The summed E-state index contributed by atoms with van der Waals surface area (Å²) in [7, 11) is 1.49. The highest BCUT2D eigenvalue weighted by atomic mass is 16.5. The molecule has 8 nitrogen and oxygen atoms in total. The van der Waals surface area contributed by atoms with Crippen LogP contribution in [0.15, 0.2) is 18.3 Å². The number of imide groups is 1. The summed E-state index contributed by atoms with van der Waals surface area (Å²) in [5, 5.41) is 5.17. The lowest BCUT2D eigenvalue weighted by molar-refractivity contribution is -0.133. The quantitative estimate of drug-likeness (QED) is 0.782. The number of carbonyl (C=O) groups excluding carboxylic acids is 3. The van der Waals surface area contributed by atoms with Crippen molar-refractivity contribution in [1.29, 1.82) is 0 Å². The van der Waals surface area contributed by atoms with E-state index in [4.69, 9.17) is 4.74 Å². The van der Waals surface area contributed by atoms with Crippen LogP contribution < -0.4 is 15.4 Å². The van der Waals surface area contributed by atoms with Crippen LogP contribution in [0.25, 0.3) is 0 Å². The first-order chi connectivity index (χ1) is 10.4. The molecule has 1 fully saturated rings. The second-order valence-corrected chi connectivity index (χ2v) is 5.14. The average molecular weight is 306 g/mol. The largest absolute Gasteiger partial charge is 0.481 e. The highest BCUT2D eigenvalue weighted by molar-refractivity contribution is 6.09. The van der Waals surface area contributed by atoms with E-state index in [2.05, 4.69) is 15.6 Å². The first-order valence-corrected chi connectivity index (χ1v) is 6.83. The summed E-state index contributed by atoms with van der Waals surface area (Å²) in [6.45, 7) is 3.09. The first kappa shape index (κ1) is 15.7. The van der Waals surface area contributed by atoms with Crippen molar-refractivity contribution in [3.8, 4) is 5.88 Å². The fourth-order valence-corrected chi connectivity index (χ4v) is 2.05. The van der Waals surface area contributed by atoms with Crippen molar-refractivity contribution in [2.24, 2.45) is 0 Å². The van der Waals surface area contributed by atoms with Gasteiger partial charge in [-0.1, -0.05) is 6.92 Å². The van der Waals surface area contributed by atoms with Crippen LogP contribution in [0.2, 0.25) is 0 Å². The lowest BCUT2D eigenvalue weighted by atomic mass is 9.99. The molecule has 0 aromatic carbocycles. The summed E-state index contributed by atoms with van der Waals surface area (Å²) >= 11 is 0. The molecule has 0 aliphatic carbocycles. The van der Waals surface area contributed by atoms with Gasteiger partial charge in [0.05, 0.1) is 19.0 Å². The van der Waals surface area contributed by atoms with Crippen LogP contribution in [0.4, 0.5) is 10.5 Å². The predicted molar refractivity (Wildman–Crippen MR) is 78.4 cm³/mol. The maximum Gasteiger partial charge on any atom is 0.325 e. The molecule has 0 saturated carbocycles. The van der Waals surface area contributed by atoms with E-state index in [-0.39, 0.29) is 6.54 Å². The molecular formula is C14H18N4O4. The highest BCUT2D eigenvalue weighted by Gasteiger charge is 2.46. The number of methoxy groups -OCH3 is 1. The Bertz CT molecular complexity index is 601. The molecule has 2 rings (SSSR count). The van der Waals surface area contributed by atoms with Crippen molar-refractivity contribution in [2.75, 3.05) is 19.0 Å². The van der Waals surface area contributed by atoms with Crippen LogP contribution in [-0.4, -0.2) is 46.9 Å². The van der Waals surface area contributed by atoms with Gasteiger partial charge >= 0.3 is 6.03 Å². The fraction of sp³-hybridized carbons (Fsp3) is 0.429. The number of hydrogen-bond donors (Lipinski definition) is 2. The molecule has 2 N–H and O–H groups in total. The molecule has 1 atom stereocenters. The third-order valence-corrected chi connectivity index (χ3v) is 3.58. The lowest BCUT2D eigenvalue weighted by Crippen LogP contribution is -2.44. The Balaban J connectivity index is 1.99. The Labute approximate surface area is 127 Å². The van der Waals surface area contributed by atoms with E-state index in [1.807, 2.05) is 0 Å². The van der Waals surface area contributed by atoms with E-state index < -0.39 is 23.4 Å². The molecule has 1 aliphatic heterocycles. The van der Waals surface area contributed by atoms with E-state index in [0.717, 1.165) is 4.90 Å². The van der Waals surface area contributed by atoms with Gasteiger partial charge in [0.25, 0.3) is 5.91 Å². The minimum atomic E-state index is -0.945. The Morgan fingerprint density at radius 2 is 2.18 bits per heavy atom. The topological polar surface area (TPSA) is 101 Å². The Hall–Kier alpha value is -2.64. The third kappa shape index (κ3) is 3.00. The SMILES string of the molecule is CC[C@@]1(C)NC(=O)N(CC(=O)Nc2ccc(OC)nc2)C1=O. The van der Waals surface area contributed by atoms with Crippen molar-refractivity contribution in [1.82, 2.24) is 15.2 Å². The van der Waals surface area contributed by atoms with Crippen molar-refractivity contribution in [2.45, 2.75) is 25.8 Å². The zero-order chi connectivity index (χ0) is 16.3. The Kier molecular flexibility index (Phi) is 4.30. The number of urea groups is 1. The molecule has 1 aromatic rings. The predicted octanol–water partition coefficient (Wildman–Crippen LogP) is 0.749. The molecule has 1 aromatic heterocycles. The first-order valence-electron chi connectivity index (χ1n) is 6.83. The number of aromatic nitrogens is 1. The number of hydrogen-bond acceptors (Lipinski definition) is 5. The van der Waals surface area contributed by atoms with Gasteiger partial charge in [0.2, 0.25) is 11.8 Å². The van der Waals surface area contributed by atoms with Crippen LogP contribution in [0.5, 0.6) is 5.88 Å². The van der Waals surface area contributed by atoms with Gasteiger partial charge in [-0.05, 0) is 19.4 Å². The van der Waals surface area contributed by atoms with Gasteiger partial charge in [-0.15, -0.1) is 0 Å². The van der Waals surface area contributed by atoms with Crippen LogP contribution in [0.1, 0.15) is 20.3 Å². The zero-order valence-electron chi connectivity index (χ0n) is 12.7. The Morgan fingerprint density at radius 1 is 1.45 bits per heavy atom. The molecule has 118 valence electrons. The number of rotatable bonds is 5. The zero-order valence-corrected chi connectivity index (χ0v) is 12.7.